The van der Waals surface area contributed by atoms with Crippen LogP contribution in [0.5, 0.6) is 0 Å². The molecule has 0 aliphatic carbocycles. The molecule has 2 rings (SSSR count). The van der Waals surface area contributed by atoms with E-state index >= 15 is 0 Å². The van der Waals surface area contributed by atoms with Gasteiger partial charge in [0.25, 0.3) is 0 Å². The lowest BCUT2D eigenvalue weighted by molar-refractivity contribution is 0.282. The summed E-state index contributed by atoms with van der Waals surface area (Å²) in [4.78, 5) is 3.97. The Balaban J connectivity index is 2.14. The normalized spacial score (nSPS) is 10.4. The molecule has 18 heavy (non-hydrogen) atoms. The molecule has 2 N–H and O–H groups in total. The fraction of sp³-hybridized carbons (Fsp3) is 0.154. The molecule has 1 aromatic heterocycles. The Morgan fingerprint density at radius 3 is 2.89 bits per heavy atom. The molecular weight excluding hydrogens is 299 g/mol. The molecule has 0 amide bonds. The van der Waals surface area contributed by atoms with Gasteiger partial charge in [-0.25, -0.2) is 4.39 Å². The number of anilines is 1. The maximum Gasteiger partial charge on any atom is 0.128 e. The van der Waals surface area contributed by atoms with Gasteiger partial charge in [0.2, 0.25) is 0 Å². The van der Waals surface area contributed by atoms with E-state index in [1.165, 1.54) is 6.07 Å². The molecule has 2 aromatic rings. The first-order valence-corrected chi connectivity index (χ1v) is 6.21. The molecule has 0 aliphatic heterocycles. The Kier molecular flexibility index (Phi) is 4.28. The number of aromatic nitrogens is 1. The van der Waals surface area contributed by atoms with E-state index < -0.39 is 0 Å². The molecule has 3 nitrogen and oxygen atoms in total. The van der Waals surface area contributed by atoms with Crippen molar-refractivity contribution in [2.45, 2.75) is 13.2 Å². The minimum absolute atomic E-state index is 0.0776. The van der Waals surface area contributed by atoms with E-state index in [4.69, 9.17) is 5.11 Å². The molecule has 0 unspecified atom stereocenters. The van der Waals surface area contributed by atoms with Gasteiger partial charge in [-0.15, -0.1) is 0 Å². The van der Waals surface area contributed by atoms with Crippen molar-refractivity contribution in [1.82, 2.24) is 4.98 Å². The Morgan fingerprint density at radius 1 is 1.28 bits per heavy atom. The van der Waals surface area contributed by atoms with Gasteiger partial charge in [0, 0.05) is 28.3 Å². The highest BCUT2D eigenvalue weighted by Gasteiger charge is 2.05. The molecule has 0 radical (unpaired) electrons. The quantitative estimate of drug-likeness (QED) is 0.912. The van der Waals surface area contributed by atoms with Crippen molar-refractivity contribution < 1.29 is 9.50 Å². The zero-order valence-electron chi connectivity index (χ0n) is 9.53. The van der Waals surface area contributed by atoms with Gasteiger partial charge < -0.3 is 10.4 Å². The first-order chi connectivity index (χ1) is 8.70. The van der Waals surface area contributed by atoms with Crippen LogP contribution in [0.3, 0.4) is 0 Å². The predicted molar refractivity (Wildman–Crippen MR) is 71.6 cm³/mol. The second-order valence-electron chi connectivity index (χ2n) is 3.78. The highest BCUT2D eigenvalue weighted by atomic mass is 79.9. The number of benzene rings is 1. The summed E-state index contributed by atoms with van der Waals surface area (Å²) >= 11 is 3.30. The topological polar surface area (TPSA) is 45.2 Å². The number of rotatable bonds is 4. The largest absolute Gasteiger partial charge is 0.392 e. The van der Waals surface area contributed by atoms with Crippen molar-refractivity contribution in [3.63, 3.8) is 0 Å². The molecule has 1 aromatic carbocycles. The summed E-state index contributed by atoms with van der Waals surface area (Å²) in [5.41, 5.74) is 2.00. The van der Waals surface area contributed by atoms with Crippen LogP contribution in [-0.4, -0.2) is 10.1 Å². The summed E-state index contributed by atoms with van der Waals surface area (Å²) in [6.45, 7) is 0.260. The van der Waals surface area contributed by atoms with Gasteiger partial charge in [-0.3, -0.25) is 4.98 Å². The first kappa shape index (κ1) is 13.0. The standard InChI is InChI=1S/C13H12BrFN2O/c14-11-1-2-12(15)10(5-11)6-17-13-7-16-4-3-9(13)8-18/h1-5,7,17-18H,6,8H2. The molecule has 0 saturated carbocycles. The van der Waals surface area contributed by atoms with Gasteiger partial charge in [0.05, 0.1) is 18.5 Å². The molecule has 0 spiro atoms. The van der Waals surface area contributed by atoms with Crippen molar-refractivity contribution in [2.24, 2.45) is 0 Å². The Hall–Kier alpha value is -1.46. The van der Waals surface area contributed by atoms with Crippen molar-refractivity contribution in [2.75, 3.05) is 5.32 Å². The summed E-state index contributed by atoms with van der Waals surface area (Å²) in [6.07, 6.45) is 3.22. The molecule has 0 saturated heterocycles. The van der Waals surface area contributed by atoms with Gasteiger partial charge in [-0.05, 0) is 24.3 Å². The lowest BCUT2D eigenvalue weighted by atomic mass is 10.2. The van der Waals surface area contributed by atoms with Crippen LogP contribution >= 0.6 is 15.9 Å². The van der Waals surface area contributed by atoms with Crippen molar-refractivity contribution in [3.05, 3.63) is 58.1 Å². The van der Waals surface area contributed by atoms with Crippen LogP contribution in [0.25, 0.3) is 0 Å². The fourth-order valence-electron chi connectivity index (χ4n) is 1.59. The third-order valence-electron chi connectivity index (χ3n) is 2.56. The smallest absolute Gasteiger partial charge is 0.128 e. The van der Waals surface area contributed by atoms with Gasteiger partial charge in [0.15, 0.2) is 0 Å². The highest BCUT2D eigenvalue weighted by molar-refractivity contribution is 9.10. The lowest BCUT2D eigenvalue weighted by Crippen LogP contribution is -2.04. The number of nitrogens with zero attached hydrogens (tertiary/aromatic N) is 1. The number of hydrogen-bond donors (Lipinski definition) is 2. The van der Waals surface area contributed by atoms with Crippen LogP contribution in [0.1, 0.15) is 11.1 Å². The number of hydrogen-bond acceptors (Lipinski definition) is 3. The average Bonchev–Trinajstić information content (AvgIpc) is 2.40. The van der Waals surface area contributed by atoms with Crippen LogP contribution in [-0.2, 0) is 13.2 Å². The summed E-state index contributed by atoms with van der Waals surface area (Å²) in [5, 5.41) is 12.2. The summed E-state index contributed by atoms with van der Waals surface area (Å²) in [7, 11) is 0. The third-order valence-corrected chi connectivity index (χ3v) is 3.05. The van der Waals surface area contributed by atoms with Crippen molar-refractivity contribution in [1.29, 1.82) is 0 Å². The van der Waals surface area contributed by atoms with E-state index in [1.807, 2.05) is 0 Å². The number of aliphatic hydroxyl groups excluding tert-OH is 1. The van der Waals surface area contributed by atoms with E-state index in [-0.39, 0.29) is 12.4 Å². The van der Waals surface area contributed by atoms with Crippen LogP contribution in [0.2, 0.25) is 0 Å². The SMILES string of the molecule is OCc1ccncc1NCc1cc(Br)ccc1F. The minimum Gasteiger partial charge on any atom is -0.392 e. The molecular formula is C13H12BrFN2O. The number of aliphatic hydroxyl groups is 1. The summed E-state index contributed by atoms with van der Waals surface area (Å²) in [5.74, 6) is -0.264. The van der Waals surface area contributed by atoms with Crippen LogP contribution in [0.4, 0.5) is 10.1 Å². The fourth-order valence-corrected chi connectivity index (χ4v) is 2.00. The Morgan fingerprint density at radius 2 is 2.11 bits per heavy atom. The molecule has 0 fully saturated rings. The summed E-state index contributed by atoms with van der Waals surface area (Å²) < 4.78 is 14.4. The predicted octanol–water partition coefficient (Wildman–Crippen LogP) is 3.09. The van der Waals surface area contributed by atoms with Crippen molar-refractivity contribution in [3.8, 4) is 0 Å². The van der Waals surface area contributed by atoms with E-state index in [0.717, 1.165) is 10.0 Å². The summed E-state index contributed by atoms with van der Waals surface area (Å²) in [6, 6.07) is 6.51. The monoisotopic (exact) mass is 310 g/mol. The van der Waals surface area contributed by atoms with Gasteiger partial charge >= 0.3 is 0 Å². The van der Waals surface area contributed by atoms with Crippen LogP contribution in [0.15, 0.2) is 41.1 Å². The third kappa shape index (κ3) is 3.05. The zero-order valence-corrected chi connectivity index (χ0v) is 11.1. The zero-order chi connectivity index (χ0) is 13.0. The Labute approximate surface area is 113 Å². The maximum absolute atomic E-state index is 13.5. The van der Waals surface area contributed by atoms with Gasteiger partial charge in [-0.2, -0.15) is 0 Å². The first-order valence-electron chi connectivity index (χ1n) is 5.42. The van der Waals surface area contributed by atoms with E-state index in [9.17, 15) is 4.39 Å². The van der Waals surface area contributed by atoms with Crippen LogP contribution in [0, 0.1) is 5.82 Å². The molecule has 0 aliphatic rings. The van der Waals surface area contributed by atoms with E-state index in [0.29, 0.717) is 17.8 Å². The van der Waals surface area contributed by atoms with Crippen molar-refractivity contribution >= 4 is 21.6 Å². The second kappa shape index (κ2) is 5.93. The van der Waals surface area contributed by atoms with E-state index in [2.05, 4.69) is 26.2 Å². The van der Waals surface area contributed by atoms with Gasteiger partial charge in [-0.1, -0.05) is 15.9 Å². The minimum atomic E-state index is -0.264. The lowest BCUT2D eigenvalue weighted by Gasteiger charge is -2.10. The van der Waals surface area contributed by atoms with E-state index in [1.54, 1.807) is 30.6 Å². The Bertz CT molecular complexity index is 548. The number of pyridine rings is 1. The van der Waals surface area contributed by atoms with Crippen LogP contribution < -0.4 is 5.32 Å². The number of halogens is 2. The molecule has 94 valence electrons. The molecule has 0 atom stereocenters. The maximum atomic E-state index is 13.5. The second-order valence-corrected chi connectivity index (χ2v) is 4.70. The number of nitrogens with one attached hydrogen (secondary N) is 1. The highest BCUT2D eigenvalue weighted by Crippen LogP contribution is 2.18. The molecule has 5 heteroatoms. The molecule has 1 heterocycles. The average molecular weight is 311 g/mol. The van der Waals surface area contributed by atoms with Gasteiger partial charge in [0.1, 0.15) is 5.82 Å². The molecule has 0 bridgehead atoms.